The highest BCUT2D eigenvalue weighted by Crippen LogP contribution is 2.20. The van der Waals surface area contributed by atoms with Crippen molar-refractivity contribution in [3.8, 4) is 0 Å². The van der Waals surface area contributed by atoms with E-state index >= 15 is 0 Å². The molecule has 0 aromatic heterocycles. The summed E-state index contributed by atoms with van der Waals surface area (Å²) in [6, 6.07) is 0.184. The molecule has 1 fully saturated rings. The molecule has 0 aromatic carbocycles. The number of carbonyl (C=O) groups is 1. The van der Waals surface area contributed by atoms with E-state index in [1.165, 1.54) is 0 Å². The lowest BCUT2D eigenvalue weighted by Crippen LogP contribution is -2.36. The zero-order valence-corrected chi connectivity index (χ0v) is 8.03. The number of amides is 1. The van der Waals surface area contributed by atoms with E-state index in [2.05, 4.69) is 0 Å². The molecule has 4 nitrogen and oxygen atoms in total. The molecular formula is C9H17NO3. The molecule has 1 saturated heterocycles. The maximum atomic E-state index is 11.4. The van der Waals surface area contributed by atoms with E-state index in [-0.39, 0.29) is 18.7 Å². The summed E-state index contributed by atoms with van der Waals surface area (Å²) in [5.74, 6) is 0. The van der Waals surface area contributed by atoms with E-state index in [1.54, 1.807) is 11.8 Å². The van der Waals surface area contributed by atoms with Crippen LogP contribution in [0.3, 0.4) is 0 Å². The molecule has 0 aromatic rings. The van der Waals surface area contributed by atoms with Gasteiger partial charge in [-0.3, -0.25) is 0 Å². The van der Waals surface area contributed by atoms with Gasteiger partial charge in [-0.25, -0.2) is 4.79 Å². The van der Waals surface area contributed by atoms with Gasteiger partial charge in [0.15, 0.2) is 0 Å². The summed E-state index contributed by atoms with van der Waals surface area (Å²) in [6.07, 6.45) is 2.43. The quantitative estimate of drug-likeness (QED) is 0.716. The number of nitrogens with zero attached hydrogens (tertiary/aromatic N) is 1. The first kappa shape index (κ1) is 10.3. The van der Waals surface area contributed by atoms with Crippen LogP contribution >= 0.6 is 0 Å². The van der Waals surface area contributed by atoms with E-state index in [4.69, 9.17) is 9.84 Å². The zero-order chi connectivity index (χ0) is 9.68. The van der Waals surface area contributed by atoms with Gasteiger partial charge in [-0.05, 0) is 26.2 Å². The minimum Gasteiger partial charge on any atom is -0.450 e. The second-order valence-corrected chi connectivity index (χ2v) is 3.20. The summed E-state index contributed by atoms with van der Waals surface area (Å²) < 4.78 is 4.91. The number of likely N-dealkylation sites (tertiary alicyclic amines) is 1. The van der Waals surface area contributed by atoms with Crippen LogP contribution in [0.1, 0.15) is 26.2 Å². The molecule has 0 aliphatic carbocycles. The highest BCUT2D eigenvalue weighted by Gasteiger charge is 2.28. The van der Waals surface area contributed by atoms with E-state index in [1.807, 2.05) is 0 Å². The van der Waals surface area contributed by atoms with Gasteiger partial charge in [-0.15, -0.1) is 0 Å². The summed E-state index contributed by atoms with van der Waals surface area (Å²) in [5.41, 5.74) is 0. The van der Waals surface area contributed by atoms with E-state index in [0.717, 1.165) is 19.4 Å². The Labute approximate surface area is 78.5 Å². The molecule has 0 radical (unpaired) electrons. The Kier molecular flexibility index (Phi) is 4.02. The van der Waals surface area contributed by atoms with Gasteiger partial charge in [-0.2, -0.15) is 0 Å². The summed E-state index contributed by atoms with van der Waals surface area (Å²) in [7, 11) is 0. The van der Waals surface area contributed by atoms with Crippen LogP contribution in [0, 0.1) is 0 Å². The highest BCUT2D eigenvalue weighted by molar-refractivity contribution is 5.68. The Morgan fingerprint density at radius 3 is 3.08 bits per heavy atom. The topological polar surface area (TPSA) is 49.8 Å². The molecule has 4 heteroatoms. The molecule has 1 atom stereocenters. The van der Waals surface area contributed by atoms with Crippen LogP contribution in [0.5, 0.6) is 0 Å². The monoisotopic (exact) mass is 187 g/mol. The molecular weight excluding hydrogens is 170 g/mol. The van der Waals surface area contributed by atoms with Gasteiger partial charge in [0.2, 0.25) is 0 Å². The van der Waals surface area contributed by atoms with Crippen molar-refractivity contribution in [2.75, 3.05) is 19.8 Å². The summed E-state index contributed by atoms with van der Waals surface area (Å²) in [5, 5.41) is 8.78. The molecule has 0 spiro atoms. The lowest BCUT2D eigenvalue weighted by molar-refractivity contribution is 0.0975. The van der Waals surface area contributed by atoms with Gasteiger partial charge in [0.1, 0.15) is 0 Å². The standard InChI is InChI=1S/C9H17NO3/c1-2-13-9(12)10-6-3-4-8(10)5-7-11/h8,11H,2-7H2,1H3/t8-/m0/s1. The lowest BCUT2D eigenvalue weighted by Gasteiger charge is -2.22. The second-order valence-electron chi connectivity index (χ2n) is 3.20. The van der Waals surface area contributed by atoms with Crippen molar-refractivity contribution >= 4 is 6.09 Å². The average Bonchev–Trinajstić information content (AvgIpc) is 2.54. The maximum absolute atomic E-state index is 11.4. The van der Waals surface area contributed by atoms with Crippen molar-refractivity contribution in [3.05, 3.63) is 0 Å². The predicted molar refractivity (Wildman–Crippen MR) is 48.5 cm³/mol. The number of rotatable bonds is 3. The van der Waals surface area contributed by atoms with Crippen LogP contribution in [0.2, 0.25) is 0 Å². The smallest absolute Gasteiger partial charge is 0.409 e. The Balaban J connectivity index is 2.42. The minimum absolute atomic E-state index is 0.139. The first-order valence-corrected chi connectivity index (χ1v) is 4.83. The van der Waals surface area contributed by atoms with Crippen LogP contribution in [0.4, 0.5) is 4.79 Å². The number of hydrogen-bond donors (Lipinski definition) is 1. The van der Waals surface area contributed by atoms with Crippen LogP contribution in [-0.2, 0) is 4.74 Å². The molecule has 1 heterocycles. The van der Waals surface area contributed by atoms with Crippen LogP contribution in [-0.4, -0.2) is 41.9 Å². The lowest BCUT2D eigenvalue weighted by atomic mass is 10.1. The number of carbonyl (C=O) groups excluding carboxylic acids is 1. The van der Waals surface area contributed by atoms with Crippen molar-refractivity contribution < 1.29 is 14.6 Å². The van der Waals surface area contributed by atoms with Crippen molar-refractivity contribution in [1.82, 2.24) is 4.90 Å². The largest absolute Gasteiger partial charge is 0.450 e. The molecule has 0 bridgehead atoms. The molecule has 76 valence electrons. The molecule has 1 N–H and O–H groups in total. The van der Waals surface area contributed by atoms with Gasteiger partial charge in [-0.1, -0.05) is 0 Å². The Morgan fingerprint density at radius 2 is 2.46 bits per heavy atom. The molecule has 0 unspecified atom stereocenters. The first-order valence-electron chi connectivity index (χ1n) is 4.83. The fourth-order valence-electron chi connectivity index (χ4n) is 1.73. The summed E-state index contributed by atoms with van der Waals surface area (Å²) in [4.78, 5) is 13.1. The normalized spacial score (nSPS) is 22.0. The molecule has 1 aliphatic rings. The Bertz CT molecular complexity index is 172. The fourth-order valence-corrected chi connectivity index (χ4v) is 1.73. The summed E-state index contributed by atoms with van der Waals surface area (Å²) in [6.45, 7) is 3.13. The van der Waals surface area contributed by atoms with Crippen molar-refractivity contribution in [1.29, 1.82) is 0 Å². The zero-order valence-electron chi connectivity index (χ0n) is 8.03. The molecule has 0 saturated carbocycles. The molecule has 1 rings (SSSR count). The van der Waals surface area contributed by atoms with Crippen LogP contribution in [0.15, 0.2) is 0 Å². The predicted octanol–water partition coefficient (Wildman–Crippen LogP) is 0.990. The van der Waals surface area contributed by atoms with E-state index < -0.39 is 0 Å². The Hall–Kier alpha value is -0.770. The molecule has 1 aliphatic heterocycles. The fraction of sp³-hybridized carbons (Fsp3) is 0.889. The van der Waals surface area contributed by atoms with Gasteiger partial charge in [0.05, 0.1) is 6.61 Å². The number of hydrogen-bond acceptors (Lipinski definition) is 3. The summed E-state index contributed by atoms with van der Waals surface area (Å²) >= 11 is 0. The van der Waals surface area contributed by atoms with Gasteiger partial charge < -0.3 is 14.7 Å². The second kappa shape index (κ2) is 5.07. The van der Waals surface area contributed by atoms with E-state index in [9.17, 15) is 4.79 Å². The first-order chi connectivity index (χ1) is 6.29. The highest BCUT2D eigenvalue weighted by atomic mass is 16.6. The minimum atomic E-state index is -0.238. The maximum Gasteiger partial charge on any atom is 0.409 e. The molecule has 1 amide bonds. The third-order valence-corrected chi connectivity index (χ3v) is 2.34. The number of aliphatic hydroxyl groups excluding tert-OH is 1. The van der Waals surface area contributed by atoms with Gasteiger partial charge in [0, 0.05) is 19.2 Å². The van der Waals surface area contributed by atoms with Gasteiger partial charge in [0.25, 0.3) is 0 Å². The number of aliphatic hydroxyl groups is 1. The average molecular weight is 187 g/mol. The van der Waals surface area contributed by atoms with Crippen molar-refractivity contribution in [3.63, 3.8) is 0 Å². The Morgan fingerprint density at radius 1 is 1.69 bits per heavy atom. The SMILES string of the molecule is CCOC(=O)N1CCC[C@H]1CCO. The van der Waals surface area contributed by atoms with Crippen LogP contribution in [0.25, 0.3) is 0 Å². The van der Waals surface area contributed by atoms with Crippen LogP contribution < -0.4 is 0 Å². The van der Waals surface area contributed by atoms with E-state index in [0.29, 0.717) is 13.0 Å². The third kappa shape index (κ3) is 2.59. The third-order valence-electron chi connectivity index (χ3n) is 2.34. The number of ether oxygens (including phenoxy) is 1. The van der Waals surface area contributed by atoms with Crippen molar-refractivity contribution in [2.45, 2.75) is 32.2 Å². The molecule has 13 heavy (non-hydrogen) atoms. The van der Waals surface area contributed by atoms with Gasteiger partial charge >= 0.3 is 6.09 Å². The van der Waals surface area contributed by atoms with Crippen molar-refractivity contribution in [2.24, 2.45) is 0 Å².